The molecule has 0 radical (unpaired) electrons. The Balaban J connectivity index is 1.55. The number of carbonyl (C=O) groups excluding carboxylic acids is 2. The van der Waals surface area contributed by atoms with E-state index in [1.54, 1.807) is 42.5 Å². The molecular formula is C22H15BrN6O5. The minimum absolute atomic E-state index is 0.138. The van der Waals surface area contributed by atoms with E-state index in [9.17, 15) is 19.7 Å². The zero-order valence-electron chi connectivity index (χ0n) is 17.2. The third-order valence-electron chi connectivity index (χ3n) is 4.70. The fraction of sp³-hybridized carbons (Fsp3) is 0.0455. The molecule has 0 aliphatic rings. The Morgan fingerprint density at radius 3 is 2.41 bits per heavy atom. The number of esters is 1. The molecule has 1 unspecified atom stereocenters. The van der Waals surface area contributed by atoms with Crippen molar-refractivity contribution in [3.05, 3.63) is 105 Å². The van der Waals surface area contributed by atoms with Crippen LogP contribution in [0.5, 0.6) is 0 Å². The number of tetrazole rings is 1. The lowest BCUT2D eigenvalue weighted by molar-refractivity contribution is -0.384. The molecule has 0 spiro atoms. The summed E-state index contributed by atoms with van der Waals surface area (Å²) < 4.78 is 7.31. The first-order chi connectivity index (χ1) is 16.4. The van der Waals surface area contributed by atoms with E-state index in [-0.39, 0.29) is 11.3 Å². The normalized spacial score (nSPS) is 11.4. The molecule has 12 heteroatoms. The molecule has 1 amide bonds. The third kappa shape index (κ3) is 5.13. The van der Waals surface area contributed by atoms with Crippen molar-refractivity contribution in [1.82, 2.24) is 20.2 Å². The molecule has 1 atom stereocenters. The van der Waals surface area contributed by atoms with Crippen molar-refractivity contribution in [2.75, 3.05) is 5.32 Å². The Morgan fingerprint density at radius 2 is 1.79 bits per heavy atom. The lowest BCUT2D eigenvalue weighted by Gasteiger charge is -2.18. The molecule has 34 heavy (non-hydrogen) atoms. The van der Waals surface area contributed by atoms with Gasteiger partial charge in [-0.15, -0.1) is 5.10 Å². The van der Waals surface area contributed by atoms with Gasteiger partial charge in [0, 0.05) is 22.2 Å². The highest BCUT2D eigenvalue weighted by Crippen LogP contribution is 2.29. The maximum atomic E-state index is 13.1. The molecule has 0 aliphatic heterocycles. The number of benzene rings is 3. The van der Waals surface area contributed by atoms with Crippen molar-refractivity contribution < 1.29 is 19.2 Å². The number of ether oxygens (including phenoxy) is 1. The number of rotatable bonds is 7. The van der Waals surface area contributed by atoms with Gasteiger partial charge in [-0.3, -0.25) is 14.9 Å². The van der Waals surface area contributed by atoms with Gasteiger partial charge in [0.15, 0.2) is 0 Å². The number of nitro groups is 1. The molecule has 4 rings (SSSR count). The highest BCUT2D eigenvalue weighted by atomic mass is 79.9. The zero-order valence-corrected chi connectivity index (χ0v) is 18.8. The molecule has 0 aliphatic carbocycles. The van der Waals surface area contributed by atoms with Gasteiger partial charge >= 0.3 is 5.97 Å². The summed E-state index contributed by atoms with van der Waals surface area (Å²) in [6.45, 7) is 0. The summed E-state index contributed by atoms with van der Waals surface area (Å²) in [5.41, 5.74) is 1.47. The van der Waals surface area contributed by atoms with Crippen LogP contribution in [-0.2, 0) is 9.53 Å². The lowest BCUT2D eigenvalue weighted by atomic mass is 10.1. The van der Waals surface area contributed by atoms with Gasteiger partial charge in [-0.05, 0) is 56.7 Å². The molecule has 1 heterocycles. The summed E-state index contributed by atoms with van der Waals surface area (Å²) >= 11 is 3.22. The van der Waals surface area contributed by atoms with Gasteiger partial charge in [0.2, 0.25) is 6.10 Å². The molecule has 0 saturated heterocycles. The minimum Gasteiger partial charge on any atom is -0.444 e. The van der Waals surface area contributed by atoms with Crippen molar-refractivity contribution in [1.29, 1.82) is 0 Å². The smallest absolute Gasteiger partial charge is 0.339 e. The predicted molar refractivity (Wildman–Crippen MR) is 123 cm³/mol. The number of non-ortho nitro benzene ring substituents is 1. The SMILES string of the molecule is O=C(OC(C(=O)Nc1ccc([N+](=O)[O-])cc1Br)c1ccccc1)c1ccc(-n2cnnn2)cc1. The summed E-state index contributed by atoms with van der Waals surface area (Å²) in [4.78, 5) is 36.3. The molecule has 1 N–H and O–H groups in total. The highest BCUT2D eigenvalue weighted by Gasteiger charge is 2.26. The van der Waals surface area contributed by atoms with Gasteiger partial charge in [-0.25, -0.2) is 9.48 Å². The summed E-state index contributed by atoms with van der Waals surface area (Å²) in [7, 11) is 0. The van der Waals surface area contributed by atoms with Gasteiger partial charge < -0.3 is 10.1 Å². The number of halogens is 1. The number of nitro benzene ring substituents is 1. The fourth-order valence-corrected chi connectivity index (χ4v) is 3.49. The van der Waals surface area contributed by atoms with E-state index < -0.39 is 22.9 Å². The number of nitrogens with zero attached hydrogens (tertiary/aromatic N) is 5. The first-order valence-electron chi connectivity index (χ1n) is 9.76. The number of nitrogens with one attached hydrogen (secondary N) is 1. The molecule has 11 nitrogen and oxygen atoms in total. The Labute approximate surface area is 200 Å². The van der Waals surface area contributed by atoms with Crippen molar-refractivity contribution in [3.8, 4) is 5.69 Å². The number of carbonyl (C=O) groups is 2. The Bertz CT molecular complexity index is 1330. The first-order valence-corrected chi connectivity index (χ1v) is 10.6. The van der Waals surface area contributed by atoms with Crippen molar-refractivity contribution in [2.24, 2.45) is 0 Å². The summed E-state index contributed by atoms with van der Waals surface area (Å²) in [6.07, 6.45) is 0.148. The quantitative estimate of drug-likeness (QED) is 0.219. The van der Waals surface area contributed by atoms with E-state index in [0.717, 1.165) is 0 Å². The Morgan fingerprint density at radius 1 is 1.06 bits per heavy atom. The molecule has 170 valence electrons. The second kappa shape index (κ2) is 10.0. The molecule has 0 fully saturated rings. The van der Waals surface area contributed by atoms with Crippen LogP contribution in [-0.4, -0.2) is 37.0 Å². The topological polar surface area (TPSA) is 142 Å². The van der Waals surface area contributed by atoms with Crippen LogP contribution < -0.4 is 5.32 Å². The average Bonchev–Trinajstić information content (AvgIpc) is 3.39. The fourth-order valence-electron chi connectivity index (χ4n) is 3.02. The standard InChI is InChI=1S/C22H15BrN6O5/c23-18-12-17(29(32)33)10-11-19(18)25-21(30)20(14-4-2-1-3-5-14)34-22(31)15-6-8-16(9-7-15)28-13-24-26-27-28/h1-13,20H,(H,25,30). The van der Waals surface area contributed by atoms with E-state index in [0.29, 0.717) is 21.4 Å². The van der Waals surface area contributed by atoms with Crippen LogP contribution in [0.2, 0.25) is 0 Å². The van der Waals surface area contributed by atoms with Crippen LogP contribution in [0.1, 0.15) is 22.0 Å². The lowest BCUT2D eigenvalue weighted by Crippen LogP contribution is -2.26. The highest BCUT2D eigenvalue weighted by molar-refractivity contribution is 9.10. The number of amides is 1. The van der Waals surface area contributed by atoms with Crippen LogP contribution in [0.4, 0.5) is 11.4 Å². The van der Waals surface area contributed by atoms with Gasteiger partial charge in [0.1, 0.15) is 6.33 Å². The van der Waals surface area contributed by atoms with Crippen molar-refractivity contribution in [3.63, 3.8) is 0 Å². The maximum absolute atomic E-state index is 13.1. The number of hydrogen-bond donors (Lipinski definition) is 1. The van der Waals surface area contributed by atoms with Crippen LogP contribution in [0.15, 0.2) is 83.6 Å². The van der Waals surface area contributed by atoms with E-state index >= 15 is 0 Å². The molecular weight excluding hydrogens is 508 g/mol. The van der Waals surface area contributed by atoms with E-state index in [1.165, 1.54) is 41.3 Å². The number of anilines is 1. The van der Waals surface area contributed by atoms with Gasteiger partial charge in [0.25, 0.3) is 11.6 Å². The average molecular weight is 523 g/mol. The molecule has 4 aromatic rings. The van der Waals surface area contributed by atoms with Crippen LogP contribution in [0.3, 0.4) is 0 Å². The van der Waals surface area contributed by atoms with E-state index in [1.807, 2.05) is 0 Å². The van der Waals surface area contributed by atoms with Crippen LogP contribution in [0, 0.1) is 10.1 Å². The van der Waals surface area contributed by atoms with Crippen LogP contribution >= 0.6 is 15.9 Å². The summed E-state index contributed by atoms with van der Waals surface area (Å²) in [6, 6.07) is 18.8. The summed E-state index contributed by atoms with van der Waals surface area (Å²) in [5, 5.41) is 24.5. The zero-order chi connectivity index (χ0) is 24.1. The second-order valence-electron chi connectivity index (χ2n) is 6.91. The van der Waals surface area contributed by atoms with Crippen molar-refractivity contribution in [2.45, 2.75) is 6.10 Å². The van der Waals surface area contributed by atoms with Crippen molar-refractivity contribution >= 4 is 39.2 Å². The maximum Gasteiger partial charge on any atom is 0.339 e. The minimum atomic E-state index is -1.27. The predicted octanol–water partition coefficient (Wildman–Crippen LogP) is 3.87. The monoisotopic (exact) mass is 522 g/mol. The first kappa shape index (κ1) is 22.7. The van der Waals surface area contributed by atoms with Gasteiger partial charge in [-0.1, -0.05) is 30.3 Å². The molecule has 3 aromatic carbocycles. The van der Waals surface area contributed by atoms with Gasteiger partial charge in [0.05, 0.1) is 21.9 Å². The number of aromatic nitrogens is 4. The third-order valence-corrected chi connectivity index (χ3v) is 5.36. The molecule has 0 saturated carbocycles. The van der Waals surface area contributed by atoms with E-state index in [2.05, 4.69) is 36.8 Å². The van der Waals surface area contributed by atoms with Crippen LogP contribution in [0.25, 0.3) is 5.69 Å². The largest absolute Gasteiger partial charge is 0.444 e. The second-order valence-corrected chi connectivity index (χ2v) is 7.76. The van der Waals surface area contributed by atoms with Gasteiger partial charge in [-0.2, -0.15) is 0 Å². The Kier molecular flexibility index (Phi) is 6.69. The molecule has 0 bridgehead atoms. The number of hydrogen-bond acceptors (Lipinski definition) is 8. The Hall–Kier alpha value is -4.45. The molecule has 1 aromatic heterocycles. The summed E-state index contributed by atoms with van der Waals surface area (Å²) in [5.74, 6) is -1.34. The van der Waals surface area contributed by atoms with E-state index in [4.69, 9.17) is 4.74 Å².